The Hall–Kier alpha value is -1.82. The van der Waals surface area contributed by atoms with E-state index in [4.69, 9.17) is 5.73 Å². The quantitative estimate of drug-likeness (QED) is 0.802. The number of hydrogen-bond acceptors (Lipinski definition) is 6. The number of esters is 1. The molecule has 1 aliphatic heterocycles. The summed E-state index contributed by atoms with van der Waals surface area (Å²) in [6, 6.07) is 9.52. The molecule has 1 aromatic carbocycles. The van der Waals surface area contributed by atoms with E-state index in [2.05, 4.69) is 14.9 Å². The van der Waals surface area contributed by atoms with Crippen LogP contribution < -0.4 is 5.73 Å². The van der Waals surface area contributed by atoms with Gasteiger partial charge in [-0.25, -0.2) is 4.79 Å². The van der Waals surface area contributed by atoms with E-state index in [-0.39, 0.29) is 11.0 Å². The molecule has 1 unspecified atom stereocenters. The molecule has 1 heterocycles. The van der Waals surface area contributed by atoms with Crippen molar-refractivity contribution in [2.24, 2.45) is 15.9 Å². The lowest BCUT2D eigenvalue weighted by Gasteiger charge is -2.19. The first kappa shape index (κ1) is 11.7. The van der Waals surface area contributed by atoms with E-state index >= 15 is 0 Å². The van der Waals surface area contributed by atoms with Crippen LogP contribution in [0.4, 0.5) is 0 Å². The van der Waals surface area contributed by atoms with Crippen molar-refractivity contribution >= 4 is 28.6 Å². The smallest absolute Gasteiger partial charge is 0.355 e. The summed E-state index contributed by atoms with van der Waals surface area (Å²) >= 11 is 1.29. The fraction of sp³-hybridized carbons (Fsp3) is 0.182. The van der Waals surface area contributed by atoms with Gasteiger partial charge in [-0.1, -0.05) is 42.1 Å². The van der Waals surface area contributed by atoms with Gasteiger partial charge in [-0.05, 0) is 5.56 Å². The maximum atomic E-state index is 11.6. The molecule has 0 amide bonds. The van der Waals surface area contributed by atoms with E-state index in [9.17, 15) is 4.79 Å². The number of hydrogen-bond donors (Lipinski definition) is 1. The number of thioether (sulfide) groups is 1. The zero-order valence-corrected chi connectivity index (χ0v) is 9.98. The third-order valence-electron chi connectivity index (χ3n) is 2.24. The highest BCUT2D eigenvalue weighted by Gasteiger charge is 2.29. The van der Waals surface area contributed by atoms with E-state index in [0.717, 1.165) is 5.56 Å². The number of rotatable bonds is 2. The Morgan fingerprint density at radius 1 is 1.35 bits per heavy atom. The Balaban J connectivity index is 2.36. The second kappa shape index (κ2) is 5.01. The molecule has 2 N–H and O–H groups in total. The second-order valence-electron chi connectivity index (χ2n) is 3.32. The maximum Gasteiger partial charge on any atom is 0.355 e. The Labute approximate surface area is 103 Å². The average molecular weight is 249 g/mol. The van der Waals surface area contributed by atoms with Gasteiger partial charge < -0.3 is 10.5 Å². The first-order chi connectivity index (χ1) is 8.22. The number of benzene rings is 1. The number of amidine groups is 1. The average Bonchev–Trinajstić information content (AvgIpc) is 2.39. The largest absolute Gasteiger partial charge is 0.464 e. The summed E-state index contributed by atoms with van der Waals surface area (Å²) < 4.78 is 4.68. The van der Waals surface area contributed by atoms with Gasteiger partial charge in [-0.2, -0.15) is 0 Å². The molecule has 0 bridgehead atoms. The van der Waals surface area contributed by atoms with Gasteiger partial charge in [0.15, 0.2) is 10.9 Å². The molecule has 0 radical (unpaired) electrons. The van der Waals surface area contributed by atoms with Crippen molar-refractivity contribution in [3.8, 4) is 0 Å². The standard InChI is InChI=1S/C11H11N3O2S/c1-16-10(15)8-9(17-11(12)14-13-8)7-5-3-2-4-6-7/h2-6,9H,1H3,(H2,12,14). The number of carbonyl (C=O) groups excluding carboxylic acids is 1. The molecule has 5 nitrogen and oxygen atoms in total. The van der Waals surface area contributed by atoms with Crippen LogP contribution in [-0.2, 0) is 9.53 Å². The SMILES string of the molecule is COC(=O)C1=NN=C(N)SC1c1ccccc1. The molecule has 88 valence electrons. The van der Waals surface area contributed by atoms with Crippen molar-refractivity contribution in [2.45, 2.75) is 5.25 Å². The minimum Gasteiger partial charge on any atom is -0.464 e. The van der Waals surface area contributed by atoms with Crippen LogP contribution in [0.15, 0.2) is 40.5 Å². The van der Waals surface area contributed by atoms with Crippen molar-refractivity contribution in [2.75, 3.05) is 7.11 Å². The molecule has 0 spiro atoms. The van der Waals surface area contributed by atoms with Gasteiger partial charge in [0.05, 0.1) is 12.4 Å². The Morgan fingerprint density at radius 3 is 2.71 bits per heavy atom. The summed E-state index contributed by atoms with van der Waals surface area (Å²) in [7, 11) is 1.32. The Bertz CT molecular complexity index is 485. The summed E-state index contributed by atoms with van der Waals surface area (Å²) in [5.74, 6) is -0.484. The van der Waals surface area contributed by atoms with Crippen LogP contribution in [0.25, 0.3) is 0 Å². The van der Waals surface area contributed by atoms with Gasteiger partial charge >= 0.3 is 5.97 Å². The van der Waals surface area contributed by atoms with E-state index in [1.54, 1.807) is 0 Å². The molecule has 0 aromatic heterocycles. The zero-order chi connectivity index (χ0) is 12.3. The predicted molar refractivity (Wildman–Crippen MR) is 67.8 cm³/mol. The van der Waals surface area contributed by atoms with Gasteiger partial charge in [0.1, 0.15) is 0 Å². The summed E-state index contributed by atoms with van der Waals surface area (Å²) in [5.41, 5.74) is 6.83. The normalized spacial score (nSPS) is 19.2. The Kier molecular flexibility index (Phi) is 3.43. The molecular formula is C11H11N3O2S. The molecule has 1 aromatic rings. The molecule has 1 atom stereocenters. The van der Waals surface area contributed by atoms with Crippen molar-refractivity contribution < 1.29 is 9.53 Å². The maximum absolute atomic E-state index is 11.6. The number of methoxy groups -OCH3 is 1. The van der Waals surface area contributed by atoms with Crippen LogP contribution >= 0.6 is 11.8 Å². The van der Waals surface area contributed by atoms with Crippen LogP contribution in [-0.4, -0.2) is 24.0 Å². The fourth-order valence-electron chi connectivity index (χ4n) is 1.46. The van der Waals surface area contributed by atoms with Crippen molar-refractivity contribution in [1.29, 1.82) is 0 Å². The summed E-state index contributed by atoms with van der Waals surface area (Å²) in [5, 5.41) is 7.60. The third-order valence-corrected chi connectivity index (χ3v) is 3.29. The summed E-state index contributed by atoms with van der Waals surface area (Å²) in [6.07, 6.45) is 0. The van der Waals surface area contributed by atoms with Crippen molar-refractivity contribution in [3.63, 3.8) is 0 Å². The van der Waals surface area contributed by atoms with Crippen LogP contribution in [0.3, 0.4) is 0 Å². The minimum absolute atomic E-state index is 0.262. The van der Waals surface area contributed by atoms with Gasteiger partial charge in [0.25, 0.3) is 0 Å². The number of nitrogens with two attached hydrogens (primary N) is 1. The summed E-state index contributed by atoms with van der Waals surface area (Å²) in [4.78, 5) is 11.6. The highest BCUT2D eigenvalue weighted by atomic mass is 32.2. The third kappa shape index (κ3) is 2.47. The summed E-state index contributed by atoms with van der Waals surface area (Å²) in [6.45, 7) is 0. The van der Waals surface area contributed by atoms with Crippen LogP contribution in [0.2, 0.25) is 0 Å². The molecule has 17 heavy (non-hydrogen) atoms. The van der Waals surface area contributed by atoms with Gasteiger partial charge in [-0.3, -0.25) is 0 Å². The first-order valence-corrected chi connectivity index (χ1v) is 5.81. The van der Waals surface area contributed by atoms with Crippen molar-refractivity contribution in [1.82, 2.24) is 0 Å². The molecule has 0 saturated carbocycles. The number of nitrogens with zero attached hydrogens (tertiary/aromatic N) is 2. The lowest BCUT2D eigenvalue weighted by Crippen LogP contribution is -2.27. The van der Waals surface area contributed by atoms with Gasteiger partial charge in [0.2, 0.25) is 0 Å². The van der Waals surface area contributed by atoms with Crippen LogP contribution in [0.5, 0.6) is 0 Å². The molecule has 1 aliphatic rings. The Morgan fingerprint density at radius 2 is 2.06 bits per heavy atom. The van der Waals surface area contributed by atoms with Crippen LogP contribution in [0.1, 0.15) is 10.8 Å². The van der Waals surface area contributed by atoms with Crippen LogP contribution in [0, 0.1) is 0 Å². The highest BCUT2D eigenvalue weighted by molar-refractivity contribution is 8.14. The number of carbonyl (C=O) groups is 1. The molecule has 6 heteroatoms. The van der Waals surface area contributed by atoms with E-state index in [1.165, 1.54) is 18.9 Å². The molecular weight excluding hydrogens is 238 g/mol. The van der Waals surface area contributed by atoms with Gasteiger partial charge in [0, 0.05) is 0 Å². The first-order valence-electron chi connectivity index (χ1n) is 4.93. The molecule has 0 saturated heterocycles. The molecule has 2 rings (SSSR count). The number of ether oxygens (including phenoxy) is 1. The van der Waals surface area contributed by atoms with Gasteiger partial charge in [-0.15, -0.1) is 10.2 Å². The lowest BCUT2D eigenvalue weighted by atomic mass is 10.1. The van der Waals surface area contributed by atoms with Crippen molar-refractivity contribution in [3.05, 3.63) is 35.9 Å². The molecule has 0 aliphatic carbocycles. The molecule has 0 fully saturated rings. The highest BCUT2D eigenvalue weighted by Crippen LogP contribution is 2.33. The predicted octanol–water partition coefficient (Wildman–Crippen LogP) is 1.32. The van der Waals surface area contributed by atoms with E-state index in [0.29, 0.717) is 5.17 Å². The monoisotopic (exact) mass is 249 g/mol. The van der Waals surface area contributed by atoms with E-state index in [1.807, 2.05) is 30.3 Å². The zero-order valence-electron chi connectivity index (χ0n) is 9.16. The fourth-order valence-corrected chi connectivity index (χ4v) is 2.34. The minimum atomic E-state index is -0.484. The lowest BCUT2D eigenvalue weighted by molar-refractivity contribution is -0.132. The topological polar surface area (TPSA) is 77.0 Å². The van der Waals surface area contributed by atoms with E-state index < -0.39 is 5.97 Å². The second-order valence-corrected chi connectivity index (χ2v) is 4.45.